The highest BCUT2D eigenvalue weighted by Gasteiger charge is 2.52. The maximum Gasteiger partial charge on any atom is 0.511 e. The van der Waals surface area contributed by atoms with Gasteiger partial charge in [0.1, 0.15) is 0 Å². The number of pyridine rings is 1. The minimum absolute atomic E-state index is 0.0434. The third-order valence-electron chi connectivity index (χ3n) is 5.28. The predicted molar refractivity (Wildman–Crippen MR) is 110 cm³/mol. The molecule has 0 unspecified atom stereocenters. The SMILES string of the molecule is O=C(NCC1(c2ccccn2)CCN(S(=O)(=O)C(F)(F)F)CC1)c1ccc(Cl)cc1Cl. The molecular weight excluding hydrogens is 478 g/mol. The number of aromatic nitrogens is 1. The van der Waals surface area contributed by atoms with Gasteiger partial charge >= 0.3 is 15.5 Å². The van der Waals surface area contributed by atoms with Crippen molar-refractivity contribution in [3.63, 3.8) is 0 Å². The van der Waals surface area contributed by atoms with Gasteiger partial charge in [-0.2, -0.15) is 17.5 Å². The number of amides is 1. The van der Waals surface area contributed by atoms with Gasteiger partial charge in [0.05, 0.1) is 10.6 Å². The molecule has 1 amide bonds. The van der Waals surface area contributed by atoms with E-state index in [0.717, 1.165) is 0 Å². The number of piperidine rings is 1. The van der Waals surface area contributed by atoms with Gasteiger partial charge in [0.25, 0.3) is 5.91 Å². The molecule has 0 spiro atoms. The van der Waals surface area contributed by atoms with Gasteiger partial charge in [0, 0.05) is 42.0 Å². The molecule has 3 rings (SSSR count). The summed E-state index contributed by atoms with van der Waals surface area (Å²) in [6.45, 7) is -0.659. The highest BCUT2D eigenvalue weighted by molar-refractivity contribution is 7.90. The van der Waals surface area contributed by atoms with Crippen molar-refractivity contribution in [2.45, 2.75) is 23.8 Å². The van der Waals surface area contributed by atoms with E-state index in [1.54, 1.807) is 18.2 Å². The largest absolute Gasteiger partial charge is 0.511 e. The smallest absolute Gasteiger partial charge is 0.351 e. The number of carbonyl (C=O) groups is 1. The number of carbonyl (C=O) groups excluding carboxylic acids is 1. The minimum atomic E-state index is -5.42. The van der Waals surface area contributed by atoms with Gasteiger partial charge in [-0.05, 0) is 43.2 Å². The molecule has 2 heterocycles. The lowest BCUT2D eigenvalue weighted by Gasteiger charge is -2.41. The monoisotopic (exact) mass is 495 g/mol. The summed E-state index contributed by atoms with van der Waals surface area (Å²) < 4.78 is 62.7. The van der Waals surface area contributed by atoms with Gasteiger partial charge in [0.15, 0.2) is 0 Å². The summed E-state index contributed by atoms with van der Waals surface area (Å²) in [4.78, 5) is 16.9. The molecule has 31 heavy (non-hydrogen) atoms. The van der Waals surface area contributed by atoms with Gasteiger partial charge < -0.3 is 5.32 Å². The fourth-order valence-corrected chi connectivity index (χ4v) is 4.97. The first-order valence-electron chi connectivity index (χ1n) is 9.17. The van der Waals surface area contributed by atoms with Crippen LogP contribution in [0, 0.1) is 0 Å². The Hall–Kier alpha value is -1.88. The highest BCUT2D eigenvalue weighted by atomic mass is 35.5. The molecule has 0 bridgehead atoms. The number of hydrogen-bond donors (Lipinski definition) is 1. The van der Waals surface area contributed by atoms with Crippen LogP contribution in [0.3, 0.4) is 0 Å². The molecule has 1 N–H and O–H groups in total. The maximum atomic E-state index is 12.9. The van der Waals surface area contributed by atoms with E-state index in [4.69, 9.17) is 23.2 Å². The molecule has 12 heteroatoms. The topological polar surface area (TPSA) is 79.4 Å². The second kappa shape index (κ2) is 8.93. The van der Waals surface area contributed by atoms with Crippen LogP contribution in [0.1, 0.15) is 28.9 Å². The number of alkyl halides is 3. The standard InChI is InChI=1S/C19H18Cl2F3N3O3S/c20-13-4-5-14(15(21)11-13)17(28)26-12-18(16-3-1-2-8-25-16)6-9-27(10-7-18)31(29,30)19(22,23)24/h1-5,8,11H,6-7,9-10,12H2,(H,26,28). The Morgan fingerprint density at radius 1 is 1.16 bits per heavy atom. The fourth-order valence-electron chi connectivity index (χ4n) is 3.52. The van der Waals surface area contributed by atoms with E-state index in [1.165, 1.54) is 24.4 Å². The van der Waals surface area contributed by atoms with Crippen LogP contribution < -0.4 is 5.32 Å². The third kappa shape index (κ3) is 4.97. The van der Waals surface area contributed by atoms with Crippen molar-refractivity contribution in [2.75, 3.05) is 19.6 Å². The third-order valence-corrected chi connectivity index (χ3v) is 7.46. The van der Waals surface area contributed by atoms with Gasteiger partial charge in [-0.3, -0.25) is 9.78 Å². The van der Waals surface area contributed by atoms with Gasteiger partial charge in [0.2, 0.25) is 0 Å². The summed E-state index contributed by atoms with van der Waals surface area (Å²) in [5, 5.41) is 3.28. The summed E-state index contributed by atoms with van der Waals surface area (Å²) in [5.41, 5.74) is -5.45. The lowest BCUT2D eigenvalue weighted by Crippen LogP contribution is -2.52. The van der Waals surface area contributed by atoms with Crippen LogP contribution in [-0.4, -0.2) is 48.8 Å². The normalized spacial score (nSPS) is 17.3. The molecule has 0 radical (unpaired) electrons. The van der Waals surface area contributed by atoms with Crippen LogP contribution in [0.15, 0.2) is 42.6 Å². The number of sulfonamides is 1. The van der Waals surface area contributed by atoms with E-state index >= 15 is 0 Å². The number of halogens is 5. The molecule has 1 aromatic heterocycles. The molecule has 168 valence electrons. The Bertz CT molecular complexity index is 1060. The van der Waals surface area contributed by atoms with E-state index in [2.05, 4.69) is 10.3 Å². The average molecular weight is 496 g/mol. The van der Waals surface area contributed by atoms with Gasteiger partial charge in [-0.1, -0.05) is 29.3 Å². The molecule has 6 nitrogen and oxygen atoms in total. The van der Waals surface area contributed by atoms with E-state index in [-0.39, 0.29) is 43.1 Å². The number of nitrogens with one attached hydrogen (secondary N) is 1. The van der Waals surface area contributed by atoms with Crippen LogP contribution in [0.25, 0.3) is 0 Å². The Labute approximate surface area is 187 Å². The molecule has 1 fully saturated rings. The summed E-state index contributed by atoms with van der Waals surface area (Å²) >= 11 is 11.9. The Balaban J connectivity index is 1.81. The van der Waals surface area contributed by atoms with Crippen molar-refractivity contribution in [1.29, 1.82) is 0 Å². The van der Waals surface area contributed by atoms with Crippen molar-refractivity contribution in [3.05, 3.63) is 63.9 Å². The Kier molecular flexibility index (Phi) is 6.85. The van der Waals surface area contributed by atoms with Crippen molar-refractivity contribution in [1.82, 2.24) is 14.6 Å². The molecule has 0 saturated carbocycles. The molecule has 1 saturated heterocycles. The van der Waals surface area contributed by atoms with E-state index in [1.807, 2.05) is 0 Å². The fraction of sp³-hybridized carbons (Fsp3) is 0.368. The molecule has 0 aliphatic carbocycles. The van der Waals surface area contributed by atoms with Gasteiger partial charge in [-0.25, -0.2) is 8.42 Å². The number of nitrogens with zero attached hydrogens (tertiary/aromatic N) is 2. The van der Waals surface area contributed by atoms with Gasteiger partial charge in [-0.15, -0.1) is 0 Å². The van der Waals surface area contributed by atoms with Crippen molar-refractivity contribution >= 4 is 39.1 Å². The molecular formula is C19H18Cl2F3N3O3S. The first-order chi connectivity index (χ1) is 14.5. The van der Waals surface area contributed by atoms with E-state index < -0.39 is 26.9 Å². The summed E-state index contributed by atoms with van der Waals surface area (Å²) in [6, 6.07) is 9.51. The van der Waals surface area contributed by atoms with Crippen LogP contribution in [0.2, 0.25) is 10.0 Å². The lowest BCUT2D eigenvalue weighted by atomic mass is 9.75. The highest BCUT2D eigenvalue weighted by Crippen LogP contribution is 2.37. The Morgan fingerprint density at radius 2 is 1.84 bits per heavy atom. The number of benzene rings is 1. The van der Waals surface area contributed by atoms with Crippen LogP contribution >= 0.6 is 23.2 Å². The number of rotatable bonds is 5. The van der Waals surface area contributed by atoms with E-state index in [0.29, 0.717) is 15.0 Å². The zero-order chi connectivity index (χ0) is 22.9. The first-order valence-corrected chi connectivity index (χ1v) is 11.4. The minimum Gasteiger partial charge on any atom is -0.351 e. The zero-order valence-electron chi connectivity index (χ0n) is 16.0. The van der Waals surface area contributed by atoms with Crippen LogP contribution in [0.5, 0.6) is 0 Å². The van der Waals surface area contributed by atoms with Crippen molar-refractivity contribution in [3.8, 4) is 0 Å². The second-order valence-electron chi connectivity index (χ2n) is 7.15. The first kappa shape index (κ1) is 23.8. The second-order valence-corrected chi connectivity index (χ2v) is 9.93. The van der Waals surface area contributed by atoms with Crippen molar-refractivity contribution < 1.29 is 26.4 Å². The number of hydrogen-bond acceptors (Lipinski definition) is 4. The lowest BCUT2D eigenvalue weighted by molar-refractivity contribution is -0.0498. The summed E-state index contributed by atoms with van der Waals surface area (Å²) in [6.07, 6.45) is 1.63. The Morgan fingerprint density at radius 3 is 2.39 bits per heavy atom. The molecule has 2 aromatic rings. The van der Waals surface area contributed by atoms with Crippen LogP contribution in [0.4, 0.5) is 13.2 Å². The van der Waals surface area contributed by atoms with Crippen molar-refractivity contribution in [2.24, 2.45) is 0 Å². The summed E-state index contributed by atoms with van der Waals surface area (Å²) in [7, 11) is -5.42. The predicted octanol–water partition coefficient (Wildman–Crippen LogP) is 4.00. The molecule has 0 atom stereocenters. The molecule has 1 aliphatic heterocycles. The van der Waals surface area contributed by atoms with Crippen LogP contribution in [-0.2, 0) is 15.4 Å². The molecule has 1 aliphatic rings. The van der Waals surface area contributed by atoms with E-state index in [9.17, 15) is 26.4 Å². The zero-order valence-corrected chi connectivity index (χ0v) is 18.3. The average Bonchev–Trinajstić information content (AvgIpc) is 2.72. The quantitative estimate of drug-likeness (QED) is 0.679. The maximum absolute atomic E-state index is 12.9. The molecule has 1 aromatic carbocycles. The summed E-state index contributed by atoms with van der Waals surface area (Å²) in [5.74, 6) is -0.484.